The Hall–Kier alpha value is -2.14. The van der Waals surface area contributed by atoms with Gasteiger partial charge in [-0.1, -0.05) is 55.3 Å². The van der Waals surface area contributed by atoms with E-state index in [1.54, 1.807) is 4.90 Å². The fraction of sp³-hybridized carbons (Fsp3) is 0.583. The van der Waals surface area contributed by atoms with E-state index < -0.39 is 17.2 Å². The number of fused-ring (bicyclic) bond motifs is 1. The van der Waals surface area contributed by atoms with Crippen LogP contribution in [-0.4, -0.2) is 46.0 Å². The number of likely N-dealkylation sites (tertiary alicyclic amines) is 1. The van der Waals surface area contributed by atoms with Crippen LogP contribution in [0.2, 0.25) is 0 Å². The van der Waals surface area contributed by atoms with Gasteiger partial charge in [0, 0.05) is 17.5 Å². The van der Waals surface area contributed by atoms with E-state index in [1.807, 2.05) is 45.0 Å². The van der Waals surface area contributed by atoms with Gasteiger partial charge in [0.2, 0.25) is 11.8 Å². The molecule has 5 heteroatoms. The van der Waals surface area contributed by atoms with Gasteiger partial charge in [0.15, 0.2) is 0 Å². The highest BCUT2D eigenvalue weighted by atomic mass is 16.5. The average Bonchev–Trinajstić information content (AvgIpc) is 3.43. The zero-order chi connectivity index (χ0) is 20.4. The predicted octanol–water partition coefficient (Wildman–Crippen LogP) is 3.16. The summed E-state index contributed by atoms with van der Waals surface area (Å²) in [7, 11) is 0. The number of rotatable bonds is 3. The van der Waals surface area contributed by atoms with Crippen molar-refractivity contribution in [1.29, 1.82) is 0 Å². The maximum Gasteiger partial charge on any atom is 0.246 e. The van der Waals surface area contributed by atoms with Gasteiger partial charge in [-0.05, 0) is 39.2 Å². The summed E-state index contributed by atoms with van der Waals surface area (Å²) in [4.78, 5) is 29.1. The van der Waals surface area contributed by atoms with E-state index in [2.05, 4.69) is 23.5 Å². The molecule has 5 atom stereocenters. The Kier molecular flexibility index (Phi) is 4.18. The zero-order valence-corrected chi connectivity index (χ0v) is 17.4. The number of benzene rings is 1. The number of carbonyl (C=O) groups is 2. The molecule has 2 amide bonds. The molecule has 4 aliphatic rings. The first-order valence-corrected chi connectivity index (χ1v) is 10.9. The van der Waals surface area contributed by atoms with E-state index in [0.717, 1.165) is 31.2 Å². The fourth-order valence-electron chi connectivity index (χ4n) is 6.00. The Morgan fingerprint density at radius 2 is 1.86 bits per heavy atom. The first-order chi connectivity index (χ1) is 13.8. The van der Waals surface area contributed by atoms with Crippen LogP contribution in [0.15, 0.2) is 42.5 Å². The number of carbonyl (C=O) groups excluding carboxylic acids is 2. The van der Waals surface area contributed by atoms with E-state index in [0.29, 0.717) is 0 Å². The van der Waals surface area contributed by atoms with Crippen molar-refractivity contribution < 1.29 is 14.3 Å². The number of hydrogen-bond acceptors (Lipinski definition) is 3. The summed E-state index contributed by atoms with van der Waals surface area (Å²) in [5.41, 5.74) is -0.240. The number of ether oxygens (including phenoxy) is 1. The van der Waals surface area contributed by atoms with Gasteiger partial charge in [0.05, 0.1) is 12.0 Å². The molecule has 1 spiro atoms. The predicted molar refractivity (Wildman–Crippen MR) is 110 cm³/mol. The van der Waals surface area contributed by atoms with E-state index in [-0.39, 0.29) is 35.8 Å². The van der Waals surface area contributed by atoms with Gasteiger partial charge in [-0.3, -0.25) is 9.59 Å². The molecule has 3 aliphatic heterocycles. The van der Waals surface area contributed by atoms with Crippen molar-refractivity contribution >= 4 is 11.8 Å². The molecule has 5 rings (SSSR count). The molecule has 0 unspecified atom stereocenters. The number of nitrogens with one attached hydrogen (secondary N) is 1. The van der Waals surface area contributed by atoms with E-state index in [9.17, 15) is 9.59 Å². The highest BCUT2D eigenvalue weighted by molar-refractivity contribution is 5.97. The van der Waals surface area contributed by atoms with Gasteiger partial charge < -0.3 is 15.0 Å². The molecule has 0 radical (unpaired) electrons. The lowest BCUT2D eigenvalue weighted by atomic mass is 9.72. The van der Waals surface area contributed by atoms with Crippen LogP contribution in [0, 0.1) is 5.92 Å². The summed E-state index contributed by atoms with van der Waals surface area (Å²) in [6.07, 6.45) is 8.25. The molecule has 2 saturated heterocycles. The summed E-state index contributed by atoms with van der Waals surface area (Å²) in [6, 6.07) is 9.71. The molecule has 29 heavy (non-hydrogen) atoms. The second-order valence-corrected chi connectivity index (χ2v) is 9.98. The minimum Gasteiger partial charge on any atom is -0.359 e. The quantitative estimate of drug-likeness (QED) is 0.801. The summed E-state index contributed by atoms with van der Waals surface area (Å²) >= 11 is 0. The van der Waals surface area contributed by atoms with Crippen molar-refractivity contribution in [1.82, 2.24) is 10.2 Å². The third-order valence-corrected chi connectivity index (χ3v) is 7.13. The minimum absolute atomic E-state index is 0.0322. The van der Waals surface area contributed by atoms with E-state index in [1.165, 1.54) is 0 Å². The van der Waals surface area contributed by atoms with Crippen molar-refractivity contribution in [2.45, 2.75) is 81.7 Å². The third-order valence-electron chi connectivity index (χ3n) is 7.13. The van der Waals surface area contributed by atoms with Crippen molar-refractivity contribution in [2.24, 2.45) is 5.92 Å². The SMILES string of the molecule is CC(C)(C)N1C(=O)[C@H]2[C@@H](c3ccccc3)[C@H]3C=C[C@]2(O3)[C@H]1C(=O)NC1CCCC1. The van der Waals surface area contributed by atoms with Crippen LogP contribution in [0.25, 0.3) is 0 Å². The van der Waals surface area contributed by atoms with Gasteiger partial charge in [-0.15, -0.1) is 0 Å². The second kappa shape index (κ2) is 6.43. The lowest BCUT2D eigenvalue weighted by Gasteiger charge is -2.40. The number of hydrogen-bond donors (Lipinski definition) is 1. The summed E-state index contributed by atoms with van der Waals surface area (Å²) in [5.74, 6) is -0.451. The van der Waals surface area contributed by atoms with Crippen LogP contribution in [0.3, 0.4) is 0 Å². The average molecular weight is 395 g/mol. The molecule has 3 fully saturated rings. The maximum atomic E-state index is 13.8. The summed E-state index contributed by atoms with van der Waals surface area (Å²) in [5, 5.41) is 3.24. The molecule has 1 N–H and O–H groups in total. The lowest BCUT2D eigenvalue weighted by molar-refractivity contribution is -0.145. The monoisotopic (exact) mass is 394 g/mol. The van der Waals surface area contributed by atoms with E-state index >= 15 is 0 Å². The smallest absolute Gasteiger partial charge is 0.246 e. The topological polar surface area (TPSA) is 58.6 Å². The minimum atomic E-state index is -0.877. The highest BCUT2D eigenvalue weighted by Gasteiger charge is 2.72. The second-order valence-electron chi connectivity index (χ2n) is 9.98. The zero-order valence-electron chi connectivity index (χ0n) is 17.4. The van der Waals surface area contributed by atoms with Crippen molar-refractivity contribution in [2.75, 3.05) is 0 Å². The molecule has 2 bridgehead atoms. The standard InChI is InChI=1S/C24H30N2O3/c1-23(2,3)26-20(21(27)25-16-11-7-8-12-16)24-14-13-17(29-24)18(19(24)22(26)28)15-9-5-4-6-10-15/h4-6,9-10,13-14,16-20H,7-8,11-12H2,1-3H3,(H,25,27)/t17-,18+,19-,20-,24-/m1/s1. The van der Waals surface area contributed by atoms with Crippen LogP contribution in [0.5, 0.6) is 0 Å². The summed E-state index contributed by atoms with van der Waals surface area (Å²) < 4.78 is 6.51. The molecule has 3 heterocycles. The summed E-state index contributed by atoms with van der Waals surface area (Å²) in [6.45, 7) is 6.02. The highest BCUT2D eigenvalue weighted by Crippen LogP contribution is 2.59. The van der Waals surface area contributed by atoms with Crippen molar-refractivity contribution in [3.8, 4) is 0 Å². The largest absolute Gasteiger partial charge is 0.359 e. The van der Waals surface area contributed by atoms with Crippen LogP contribution < -0.4 is 5.32 Å². The molecule has 5 nitrogen and oxygen atoms in total. The Labute approximate surface area is 172 Å². The normalized spacial score (nSPS) is 36.1. The van der Waals surface area contributed by atoms with Crippen LogP contribution in [-0.2, 0) is 14.3 Å². The first kappa shape index (κ1) is 18.9. The maximum absolute atomic E-state index is 13.8. The molecule has 1 saturated carbocycles. The van der Waals surface area contributed by atoms with Crippen molar-refractivity contribution in [3.05, 3.63) is 48.0 Å². The Morgan fingerprint density at radius 3 is 2.52 bits per heavy atom. The fourth-order valence-corrected chi connectivity index (χ4v) is 6.00. The first-order valence-electron chi connectivity index (χ1n) is 10.9. The molecule has 154 valence electrons. The van der Waals surface area contributed by atoms with Gasteiger partial charge in [0.1, 0.15) is 11.6 Å². The van der Waals surface area contributed by atoms with Crippen molar-refractivity contribution in [3.63, 3.8) is 0 Å². The number of nitrogens with zero attached hydrogens (tertiary/aromatic N) is 1. The lowest BCUT2D eigenvalue weighted by Crippen LogP contribution is -2.60. The van der Waals surface area contributed by atoms with Gasteiger partial charge in [-0.25, -0.2) is 0 Å². The third kappa shape index (κ3) is 2.70. The molecule has 1 aromatic carbocycles. The van der Waals surface area contributed by atoms with Gasteiger partial charge >= 0.3 is 0 Å². The van der Waals surface area contributed by atoms with Crippen LogP contribution >= 0.6 is 0 Å². The van der Waals surface area contributed by atoms with Gasteiger partial charge in [0.25, 0.3) is 0 Å². The Bertz CT molecular complexity index is 853. The van der Waals surface area contributed by atoms with Crippen LogP contribution in [0.1, 0.15) is 57.9 Å². The van der Waals surface area contributed by atoms with Gasteiger partial charge in [-0.2, -0.15) is 0 Å². The van der Waals surface area contributed by atoms with Crippen LogP contribution in [0.4, 0.5) is 0 Å². The Balaban J connectivity index is 1.56. The molecule has 1 aliphatic carbocycles. The van der Waals surface area contributed by atoms with E-state index in [4.69, 9.17) is 4.74 Å². The number of amides is 2. The molecular formula is C24H30N2O3. The molecule has 0 aromatic heterocycles. The molecular weight excluding hydrogens is 364 g/mol. The Morgan fingerprint density at radius 1 is 1.17 bits per heavy atom. The molecule has 1 aromatic rings.